The van der Waals surface area contributed by atoms with Crippen molar-refractivity contribution < 1.29 is 82.8 Å². The van der Waals surface area contributed by atoms with Crippen molar-refractivity contribution in [3.63, 3.8) is 0 Å². The number of benzene rings is 1. The highest BCUT2D eigenvalue weighted by atomic mass is 16.4. The second kappa shape index (κ2) is 31.1. The van der Waals surface area contributed by atoms with Crippen molar-refractivity contribution in [2.75, 3.05) is 13.1 Å². The van der Waals surface area contributed by atoms with Gasteiger partial charge < -0.3 is 73.6 Å². The van der Waals surface area contributed by atoms with Crippen LogP contribution in [-0.2, 0) is 68.7 Å². The Labute approximate surface area is 433 Å². The Hall–Kier alpha value is -7.71. The minimum Gasteiger partial charge on any atom is -0.481 e. The second-order valence-corrected chi connectivity index (χ2v) is 19.1. The third-order valence-corrected chi connectivity index (χ3v) is 11.6. The second-order valence-electron chi connectivity index (χ2n) is 19.1. The molecule has 1 heterocycles. The molecule has 1 aliphatic rings. The number of carbonyl (C=O) groups is 13. The van der Waals surface area contributed by atoms with Crippen LogP contribution in [0.1, 0.15) is 105 Å². The third-order valence-electron chi connectivity index (χ3n) is 11.6. The summed E-state index contributed by atoms with van der Waals surface area (Å²) in [6.45, 7) is 8.35. The number of carboxylic acids is 3. The van der Waals surface area contributed by atoms with Crippen LogP contribution in [0.4, 0.5) is 0 Å². The van der Waals surface area contributed by atoms with E-state index in [1.165, 1.54) is 6.92 Å². The highest BCUT2D eigenvalue weighted by Gasteiger charge is 2.41. The lowest BCUT2D eigenvalue weighted by Gasteiger charge is -2.30. The zero-order chi connectivity index (χ0) is 56.7. The topological polar surface area (TPSA) is 428 Å². The van der Waals surface area contributed by atoms with E-state index in [2.05, 4.69) is 42.5 Å². The van der Waals surface area contributed by atoms with Crippen LogP contribution in [-0.4, -0.2) is 170 Å². The average Bonchev–Trinajstić information content (AvgIpc) is 3.81. The molecule has 0 spiro atoms. The fourth-order valence-corrected chi connectivity index (χ4v) is 7.94. The first-order valence-electron chi connectivity index (χ1n) is 24.4. The maximum Gasteiger partial charge on any atom is 0.305 e. The molecule has 75 heavy (non-hydrogen) atoms. The maximum atomic E-state index is 13.8. The summed E-state index contributed by atoms with van der Waals surface area (Å²) < 4.78 is 0. The van der Waals surface area contributed by atoms with E-state index in [0.717, 1.165) is 11.8 Å². The Balaban J connectivity index is 2.27. The Morgan fingerprint density at radius 2 is 1.12 bits per heavy atom. The predicted molar refractivity (Wildman–Crippen MR) is 263 cm³/mol. The number of aliphatic carboxylic acids is 3. The number of likely N-dealkylation sites (tertiary alicyclic amines) is 1. The lowest BCUT2D eigenvalue weighted by atomic mass is 10.0. The third kappa shape index (κ3) is 22.9. The normalized spacial score (nSPS) is 16.3. The van der Waals surface area contributed by atoms with Gasteiger partial charge in [0.25, 0.3) is 0 Å². The van der Waals surface area contributed by atoms with E-state index in [4.69, 9.17) is 5.73 Å². The number of nitrogens with two attached hydrogens (primary N) is 1. The number of aliphatic hydroxyl groups is 1. The van der Waals surface area contributed by atoms with Crippen molar-refractivity contribution in [2.45, 2.75) is 160 Å². The van der Waals surface area contributed by atoms with Gasteiger partial charge in [-0.05, 0) is 62.8 Å². The highest BCUT2D eigenvalue weighted by molar-refractivity contribution is 5.99. The zero-order valence-corrected chi connectivity index (χ0v) is 42.8. The number of carbonyl (C=O) groups excluding carboxylic acids is 10. The number of carboxylic acid groups (broad SMARTS) is 3. The molecule has 10 amide bonds. The van der Waals surface area contributed by atoms with E-state index >= 15 is 0 Å². The number of nitrogens with zero attached hydrogens (tertiary/aromatic N) is 1. The summed E-state index contributed by atoms with van der Waals surface area (Å²) in [6.07, 6.45) is -4.66. The Kier molecular flexibility index (Phi) is 26.3. The molecule has 0 bridgehead atoms. The first kappa shape index (κ1) is 63.4. The van der Waals surface area contributed by atoms with E-state index in [1.807, 2.05) is 0 Å². The van der Waals surface area contributed by atoms with Crippen molar-refractivity contribution in [1.82, 2.24) is 47.4 Å². The van der Waals surface area contributed by atoms with Gasteiger partial charge in [-0.1, -0.05) is 58.0 Å². The quantitative estimate of drug-likeness (QED) is 0.0340. The molecule has 1 aromatic carbocycles. The van der Waals surface area contributed by atoms with Crippen LogP contribution in [0.25, 0.3) is 0 Å². The lowest BCUT2D eigenvalue weighted by molar-refractivity contribution is -0.146. The van der Waals surface area contributed by atoms with Gasteiger partial charge in [-0.2, -0.15) is 0 Å². The van der Waals surface area contributed by atoms with Crippen molar-refractivity contribution in [2.24, 2.45) is 17.6 Å². The minimum absolute atomic E-state index is 0.0144. The monoisotopic (exact) mass is 1060 g/mol. The van der Waals surface area contributed by atoms with E-state index in [-0.39, 0.29) is 50.5 Å². The molecule has 2 rings (SSSR count). The molecule has 1 aliphatic heterocycles. The van der Waals surface area contributed by atoms with Crippen molar-refractivity contribution >= 4 is 77.0 Å². The van der Waals surface area contributed by atoms with Crippen molar-refractivity contribution in [3.05, 3.63) is 35.9 Å². The summed E-state index contributed by atoms with van der Waals surface area (Å²) in [5.41, 5.74) is 6.10. The summed E-state index contributed by atoms with van der Waals surface area (Å²) in [4.78, 5) is 169. The van der Waals surface area contributed by atoms with Gasteiger partial charge in [-0.3, -0.25) is 62.3 Å². The summed E-state index contributed by atoms with van der Waals surface area (Å²) in [7, 11) is 0. The highest BCUT2D eigenvalue weighted by Crippen LogP contribution is 2.21. The van der Waals surface area contributed by atoms with Crippen LogP contribution in [0.3, 0.4) is 0 Å². The molecule has 0 unspecified atom stereocenters. The fraction of sp³-hybridized carbons (Fsp3) is 0.604. The molecule has 27 nitrogen and oxygen atoms in total. The molecule has 1 fully saturated rings. The van der Waals surface area contributed by atoms with Gasteiger partial charge >= 0.3 is 17.9 Å². The van der Waals surface area contributed by atoms with Gasteiger partial charge in [-0.15, -0.1) is 0 Å². The smallest absolute Gasteiger partial charge is 0.305 e. The average molecular weight is 1060 g/mol. The summed E-state index contributed by atoms with van der Waals surface area (Å²) in [5.74, 6) is -13.9. The molecule has 1 aromatic rings. The number of amides is 10. The van der Waals surface area contributed by atoms with Crippen LogP contribution in [0.5, 0.6) is 0 Å². The molecular formula is C48H72N10O17. The molecule has 27 heteroatoms. The van der Waals surface area contributed by atoms with E-state index in [9.17, 15) is 82.8 Å². The Morgan fingerprint density at radius 3 is 1.64 bits per heavy atom. The lowest BCUT2D eigenvalue weighted by Crippen LogP contribution is -2.60. The van der Waals surface area contributed by atoms with Crippen LogP contribution in [0.15, 0.2) is 30.3 Å². The molecule has 0 saturated carbocycles. The number of nitrogens with one attached hydrogen (secondary N) is 8. The Morgan fingerprint density at radius 1 is 0.613 bits per heavy atom. The molecule has 1 saturated heterocycles. The van der Waals surface area contributed by atoms with Gasteiger partial charge in [0.15, 0.2) is 0 Å². The van der Waals surface area contributed by atoms with Gasteiger partial charge in [0, 0.05) is 32.7 Å². The van der Waals surface area contributed by atoms with Crippen molar-refractivity contribution in [3.8, 4) is 0 Å². The summed E-state index contributed by atoms with van der Waals surface area (Å²) in [6, 6.07) is -3.49. The van der Waals surface area contributed by atoms with Crippen LogP contribution >= 0.6 is 0 Å². The number of primary amides is 1. The summed E-state index contributed by atoms with van der Waals surface area (Å²) >= 11 is 0. The molecule has 9 atom stereocenters. The minimum atomic E-state index is -1.88. The van der Waals surface area contributed by atoms with Crippen molar-refractivity contribution in [1.29, 1.82) is 0 Å². The van der Waals surface area contributed by atoms with Gasteiger partial charge in [-0.25, -0.2) is 0 Å². The van der Waals surface area contributed by atoms with Gasteiger partial charge in [0.2, 0.25) is 59.1 Å². The van der Waals surface area contributed by atoms with Crippen LogP contribution < -0.4 is 48.3 Å². The maximum absolute atomic E-state index is 13.8. The van der Waals surface area contributed by atoms with Crippen LogP contribution in [0, 0.1) is 11.8 Å². The molecule has 14 N–H and O–H groups in total. The number of rotatable bonds is 32. The van der Waals surface area contributed by atoms with E-state index in [1.54, 1.807) is 58.0 Å². The number of hydrogen-bond donors (Lipinski definition) is 13. The number of aliphatic hydroxyl groups excluding tert-OH is 1. The zero-order valence-electron chi connectivity index (χ0n) is 42.8. The standard InChI is InChI=1S/C48H72N10O17/c1-24(2)19-31(41(49)68)54-45(72)33(21-28-11-8-7-9-12-28)55-42(69)29(14-16-37(62)63)52-36(61)23-50-47(74)40(26(5)59)57-43(70)30(15-17-38(64)65)53-46(73)35-13-10-18-58(35)48(75)34(22-39(66)67)56-44(71)32(20-25(3)4)51-27(6)60/h7-9,11-12,24-26,29-35,40,59H,10,13-23H2,1-6H3,(H2,49,68)(H,50,74)(H,51,60)(H,52,61)(H,53,73)(H,54,72)(H,55,69)(H,56,71)(H,57,70)(H,62,63)(H,64,65)(H,66,67)/t26-,29+,30+,31+,32+,33+,34+,35+,40+/m1/s1. The molecular weight excluding hydrogens is 989 g/mol. The van der Waals surface area contributed by atoms with Gasteiger partial charge in [0.1, 0.15) is 48.3 Å². The van der Waals surface area contributed by atoms with Gasteiger partial charge in [0.05, 0.1) is 19.1 Å². The molecule has 0 radical (unpaired) electrons. The number of hydrogen-bond acceptors (Lipinski definition) is 14. The predicted octanol–water partition coefficient (Wildman–Crippen LogP) is -3.09. The van der Waals surface area contributed by atoms with E-state index < -0.39 is 170 Å². The molecule has 0 aromatic heterocycles. The summed E-state index contributed by atoms with van der Waals surface area (Å²) in [5, 5.41) is 58.0. The van der Waals surface area contributed by atoms with Crippen LogP contribution in [0.2, 0.25) is 0 Å². The molecule has 0 aliphatic carbocycles. The SMILES string of the molecule is CC(=O)N[C@@H](CC(C)C)C(=O)N[C@@H](CC(=O)O)C(=O)N1CCC[C@H]1C(=O)N[C@@H](CCC(=O)O)C(=O)N[C@H](C(=O)NCC(=O)N[C@@H](CCC(=O)O)C(=O)N[C@@H](Cc1ccccc1)C(=O)N[C@@H](CC(C)C)C(N)=O)[C@@H](C)O. The first-order chi connectivity index (χ1) is 35.1. The van der Waals surface area contributed by atoms with E-state index in [0.29, 0.717) is 5.56 Å². The Bertz CT molecular complexity index is 2230. The molecule has 416 valence electrons. The first-order valence-corrected chi connectivity index (χ1v) is 24.4. The fourth-order valence-electron chi connectivity index (χ4n) is 7.94. The largest absolute Gasteiger partial charge is 0.481 e.